The van der Waals surface area contributed by atoms with Gasteiger partial charge in [-0.05, 0) is 31.9 Å². The number of aromatic nitrogens is 2. The molecule has 1 fully saturated rings. The predicted molar refractivity (Wildman–Crippen MR) is 133 cm³/mol. The summed E-state index contributed by atoms with van der Waals surface area (Å²) in [5.41, 5.74) is 0.0679. The average molecular weight is 498 g/mol. The molecule has 1 aliphatic heterocycles. The summed E-state index contributed by atoms with van der Waals surface area (Å²) >= 11 is 0. The number of methoxy groups -OCH3 is 2. The average Bonchev–Trinajstić information content (AvgIpc) is 3.14. The highest BCUT2D eigenvalue weighted by Gasteiger charge is 2.46. The first-order chi connectivity index (χ1) is 17.3. The number of amides is 3. The van der Waals surface area contributed by atoms with E-state index < -0.39 is 11.4 Å². The smallest absolute Gasteiger partial charge is 0.272 e. The Morgan fingerprint density at radius 3 is 2.50 bits per heavy atom. The van der Waals surface area contributed by atoms with Gasteiger partial charge in [0.1, 0.15) is 22.7 Å². The molecule has 0 radical (unpaired) electrons. The van der Waals surface area contributed by atoms with Crippen molar-refractivity contribution in [2.45, 2.75) is 70.1 Å². The number of carbonyl (C=O) groups is 3. The van der Waals surface area contributed by atoms with E-state index in [1.54, 1.807) is 40.3 Å². The van der Waals surface area contributed by atoms with E-state index >= 15 is 0 Å². The third kappa shape index (κ3) is 5.03. The van der Waals surface area contributed by atoms with Crippen LogP contribution in [0.25, 0.3) is 0 Å². The number of nitrogens with one attached hydrogen (secondary N) is 2. The van der Waals surface area contributed by atoms with Crippen LogP contribution < -0.4 is 20.1 Å². The van der Waals surface area contributed by atoms with E-state index in [4.69, 9.17) is 9.47 Å². The number of carbonyl (C=O) groups excluding carboxylic acids is 3. The Bertz CT molecular complexity index is 1140. The van der Waals surface area contributed by atoms with Crippen LogP contribution >= 0.6 is 0 Å². The Hall–Kier alpha value is -3.56. The molecule has 0 spiro atoms. The van der Waals surface area contributed by atoms with Gasteiger partial charge >= 0.3 is 0 Å². The summed E-state index contributed by atoms with van der Waals surface area (Å²) in [6.45, 7) is 2.13. The van der Waals surface area contributed by atoms with Crippen LogP contribution in [0.15, 0.2) is 24.3 Å². The summed E-state index contributed by atoms with van der Waals surface area (Å²) < 4.78 is 12.1. The molecule has 10 heteroatoms. The number of hydrogen-bond acceptors (Lipinski definition) is 6. The zero-order valence-electron chi connectivity index (χ0n) is 21.4. The van der Waals surface area contributed by atoms with Gasteiger partial charge in [0, 0.05) is 37.3 Å². The van der Waals surface area contributed by atoms with Gasteiger partial charge in [-0.25, -0.2) is 0 Å². The summed E-state index contributed by atoms with van der Waals surface area (Å²) in [6.07, 6.45) is 6.48. The van der Waals surface area contributed by atoms with Crippen molar-refractivity contribution in [3.8, 4) is 11.5 Å². The number of fused-ring (bicyclic) bond motifs is 1. The van der Waals surface area contributed by atoms with Crippen molar-refractivity contribution < 1.29 is 23.9 Å². The van der Waals surface area contributed by atoms with Crippen LogP contribution in [0, 0.1) is 0 Å². The highest BCUT2D eigenvalue weighted by atomic mass is 16.5. The van der Waals surface area contributed by atoms with Gasteiger partial charge in [-0.1, -0.05) is 25.7 Å². The van der Waals surface area contributed by atoms with E-state index in [1.807, 2.05) is 6.07 Å². The van der Waals surface area contributed by atoms with Crippen molar-refractivity contribution in [2.75, 3.05) is 21.3 Å². The maximum atomic E-state index is 13.3. The molecule has 194 valence electrons. The van der Waals surface area contributed by atoms with Crippen molar-refractivity contribution in [2.24, 2.45) is 0 Å². The Labute approximate surface area is 211 Å². The molecule has 2 aliphatic rings. The number of ether oxygens (including phenoxy) is 2. The van der Waals surface area contributed by atoms with Crippen molar-refractivity contribution in [1.29, 1.82) is 0 Å². The first kappa shape index (κ1) is 25.5. The van der Waals surface area contributed by atoms with Gasteiger partial charge in [0.2, 0.25) is 5.91 Å². The maximum Gasteiger partial charge on any atom is 0.272 e. The highest BCUT2D eigenvalue weighted by molar-refractivity contribution is 6.01. The van der Waals surface area contributed by atoms with Crippen LogP contribution in [0.5, 0.6) is 11.5 Å². The number of nitrogens with zero attached hydrogens (tertiary/aromatic N) is 3. The topological polar surface area (TPSA) is 115 Å². The Morgan fingerprint density at radius 2 is 1.83 bits per heavy atom. The lowest BCUT2D eigenvalue weighted by atomic mass is 9.95. The van der Waals surface area contributed by atoms with Crippen LogP contribution in [-0.4, -0.2) is 65.2 Å². The summed E-state index contributed by atoms with van der Waals surface area (Å²) in [5.74, 6) is 0.283. The molecule has 2 heterocycles. The molecule has 0 bridgehead atoms. The van der Waals surface area contributed by atoms with Gasteiger partial charge in [-0.2, -0.15) is 5.10 Å². The van der Waals surface area contributed by atoms with E-state index in [0.717, 1.165) is 31.2 Å². The molecule has 36 heavy (non-hydrogen) atoms. The molecule has 1 aromatic carbocycles. The van der Waals surface area contributed by atoms with E-state index in [1.165, 1.54) is 28.5 Å². The molecule has 4 rings (SSSR count). The fourth-order valence-corrected chi connectivity index (χ4v) is 4.87. The SMILES string of the molecule is COc1ccc(CNC(=O)c2cc3n(n2)CC(C)(C(=O)NC2CCCCCC2)N(C)C3=O)c(OC)c1. The first-order valence-electron chi connectivity index (χ1n) is 12.4. The van der Waals surface area contributed by atoms with Crippen molar-refractivity contribution in [1.82, 2.24) is 25.3 Å². The van der Waals surface area contributed by atoms with Crippen molar-refractivity contribution >= 4 is 17.7 Å². The van der Waals surface area contributed by atoms with Gasteiger partial charge in [-0.15, -0.1) is 0 Å². The predicted octanol–water partition coefficient (Wildman–Crippen LogP) is 2.51. The standard InChI is InChI=1S/C26H35N5O5/c1-26(25(34)28-18-9-7-5-6-8-10-18)16-31-21(24(33)30(26)2)14-20(29-31)23(32)27-15-17-11-12-19(35-3)13-22(17)36-4/h11-14,18H,5-10,15-16H2,1-4H3,(H,27,32)(H,28,34). The Kier molecular flexibility index (Phi) is 7.51. The van der Waals surface area contributed by atoms with E-state index in [9.17, 15) is 14.4 Å². The first-order valence-corrected chi connectivity index (χ1v) is 12.4. The Balaban J connectivity index is 1.47. The van der Waals surface area contributed by atoms with Crippen molar-refractivity contribution in [3.05, 3.63) is 41.2 Å². The summed E-state index contributed by atoms with van der Waals surface area (Å²) in [7, 11) is 4.75. The number of benzene rings is 1. The zero-order valence-corrected chi connectivity index (χ0v) is 21.4. The van der Waals surface area contributed by atoms with Gasteiger partial charge in [0.25, 0.3) is 11.8 Å². The van der Waals surface area contributed by atoms with Gasteiger partial charge in [0.15, 0.2) is 5.69 Å². The summed E-state index contributed by atoms with van der Waals surface area (Å²) in [6, 6.07) is 6.94. The fourth-order valence-electron chi connectivity index (χ4n) is 4.87. The maximum absolute atomic E-state index is 13.3. The second-order valence-electron chi connectivity index (χ2n) is 9.73. The quantitative estimate of drug-likeness (QED) is 0.568. The summed E-state index contributed by atoms with van der Waals surface area (Å²) in [5, 5.41) is 10.4. The van der Waals surface area contributed by atoms with Gasteiger partial charge < -0.3 is 25.0 Å². The van der Waals surface area contributed by atoms with E-state index in [-0.39, 0.29) is 42.3 Å². The van der Waals surface area contributed by atoms with E-state index in [2.05, 4.69) is 15.7 Å². The molecule has 1 atom stereocenters. The van der Waals surface area contributed by atoms with Gasteiger partial charge in [-0.3, -0.25) is 19.1 Å². The lowest BCUT2D eigenvalue weighted by molar-refractivity contribution is -0.133. The fraction of sp³-hybridized carbons (Fsp3) is 0.538. The summed E-state index contributed by atoms with van der Waals surface area (Å²) in [4.78, 5) is 40.8. The van der Waals surface area contributed by atoms with Crippen LogP contribution in [0.4, 0.5) is 0 Å². The molecule has 2 N–H and O–H groups in total. The van der Waals surface area contributed by atoms with E-state index in [0.29, 0.717) is 11.5 Å². The minimum Gasteiger partial charge on any atom is -0.497 e. The molecule has 1 aromatic heterocycles. The second-order valence-corrected chi connectivity index (χ2v) is 9.73. The molecule has 1 unspecified atom stereocenters. The molecule has 3 amide bonds. The number of likely N-dealkylation sites (N-methyl/N-ethyl adjacent to an activating group) is 1. The van der Waals surface area contributed by atoms with Crippen molar-refractivity contribution in [3.63, 3.8) is 0 Å². The molecule has 2 aromatic rings. The molecular weight excluding hydrogens is 462 g/mol. The molecule has 0 saturated heterocycles. The van der Waals surface area contributed by atoms with Gasteiger partial charge in [0.05, 0.1) is 20.8 Å². The molecular formula is C26H35N5O5. The second kappa shape index (κ2) is 10.6. The normalized spacial score (nSPS) is 20.3. The highest BCUT2D eigenvalue weighted by Crippen LogP contribution is 2.28. The number of rotatable bonds is 7. The van der Waals surface area contributed by atoms with Crippen LogP contribution in [0.2, 0.25) is 0 Å². The van der Waals surface area contributed by atoms with Crippen LogP contribution in [0.1, 0.15) is 72.0 Å². The monoisotopic (exact) mass is 497 g/mol. The number of hydrogen-bond donors (Lipinski definition) is 2. The lowest BCUT2D eigenvalue weighted by Crippen LogP contribution is -2.63. The largest absolute Gasteiger partial charge is 0.497 e. The molecule has 1 aliphatic carbocycles. The molecule has 10 nitrogen and oxygen atoms in total. The third-order valence-corrected chi connectivity index (χ3v) is 7.35. The minimum absolute atomic E-state index is 0.118. The van der Waals surface area contributed by atoms with Crippen LogP contribution in [0.3, 0.4) is 0 Å². The Morgan fingerprint density at radius 1 is 1.11 bits per heavy atom. The molecule has 1 saturated carbocycles. The minimum atomic E-state index is -1.10. The zero-order chi connectivity index (χ0) is 25.9. The van der Waals surface area contributed by atoms with Crippen LogP contribution in [-0.2, 0) is 17.9 Å². The lowest BCUT2D eigenvalue weighted by Gasteiger charge is -2.41. The third-order valence-electron chi connectivity index (χ3n) is 7.35.